The van der Waals surface area contributed by atoms with Crippen LogP contribution in [0.5, 0.6) is 0 Å². The summed E-state index contributed by atoms with van der Waals surface area (Å²) in [6.07, 6.45) is 2.34. The predicted molar refractivity (Wildman–Crippen MR) is 271 cm³/mol. The highest BCUT2D eigenvalue weighted by Gasteiger charge is 2.46. The highest BCUT2D eigenvalue weighted by Crippen LogP contribution is 2.51. The van der Waals surface area contributed by atoms with E-state index in [4.69, 9.17) is 4.42 Å². The van der Waals surface area contributed by atoms with E-state index in [1.807, 2.05) is 6.07 Å². The summed E-state index contributed by atoms with van der Waals surface area (Å²) in [5, 5.41) is 2.32. The van der Waals surface area contributed by atoms with Gasteiger partial charge in [0.15, 0.2) is 0 Å². The van der Waals surface area contributed by atoms with Gasteiger partial charge in [-0.3, -0.25) is 0 Å². The summed E-state index contributed by atoms with van der Waals surface area (Å²) in [4.78, 5) is 5.16. The van der Waals surface area contributed by atoms with Crippen LogP contribution in [-0.4, -0.2) is 6.71 Å². The second kappa shape index (κ2) is 13.5. The molecule has 0 unspecified atom stereocenters. The van der Waals surface area contributed by atoms with Crippen LogP contribution in [-0.2, 0) is 21.7 Å². The summed E-state index contributed by atoms with van der Waals surface area (Å²) in [7, 11) is 0. The number of aryl methyl sites for hydroxylation is 1. The molecule has 0 N–H and O–H groups in total. The Morgan fingerprint density at radius 2 is 1.08 bits per heavy atom. The van der Waals surface area contributed by atoms with Gasteiger partial charge in [0.1, 0.15) is 11.2 Å². The number of fused-ring (bicyclic) bond motifs is 8. The molecule has 3 nitrogen and oxygen atoms in total. The molecule has 0 fully saturated rings. The van der Waals surface area contributed by atoms with Gasteiger partial charge in [-0.25, -0.2) is 0 Å². The first kappa shape index (κ1) is 39.8. The fourth-order valence-electron chi connectivity index (χ4n) is 11.1. The second-order valence-corrected chi connectivity index (χ2v) is 22.2. The van der Waals surface area contributed by atoms with Gasteiger partial charge in [-0.15, -0.1) is 0 Å². The van der Waals surface area contributed by atoms with E-state index in [1.165, 1.54) is 108 Å². The van der Waals surface area contributed by atoms with Crippen LogP contribution in [0.3, 0.4) is 0 Å². The maximum Gasteiger partial charge on any atom is 0.252 e. The van der Waals surface area contributed by atoms with Gasteiger partial charge < -0.3 is 14.2 Å². The second-order valence-electron chi connectivity index (χ2n) is 22.2. The zero-order valence-electron chi connectivity index (χ0n) is 39.0. The van der Waals surface area contributed by atoms with Gasteiger partial charge >= 0.3 is 0 Å². The minimum atomic E-state index is -0.00911. The molecule has 0 saturated heterocycles. The first-order valence-electron chi connectivity index (χ1n) is 23.1. The molecule has 0 bridgehead atoms. The van der Waals surface area contributed by atoms with Crippen molar-refractivity contribution >= 4 is 79.2 Å². The Morgan fingerprint density at radius 1 is 0.524 bits per heavy atom. The number of hydrogen-bond donors (Lipinski definition) is 0. The smallest absolute Gasteiger partial charge is 0.252 e. The number of benzene rings is 7. The van der Waals surface area contributed by atoms with E-state index in [1.54, 1.807) is 0 Å². The van der Waals surface area contributed by atoms with Gasteiger partial charge in [0.05, 0.1) is 0 Å². The molecule has 0 amide bonds. The molecule has 3 heterocycles. The first-order chi connectivity index (χ1) is 29.9. The van der Waals surface area contributed by atoms with Crippen LogP contribution >= 0.6 is 0 Å². The van der Waals surface area contributed by atoms with E-state index in [9.17, 15) is 0 Å². The lowest BCUT2D eigenvalue weighted by Gasteiger charge is -2.47. The fraction of sp³-hybridized carbons (Fsp3) is 0.288. The predicted octanol–water partition coefficient (Wildman–Crippen LogP) is 14.6. The zero-order chi connectivity index (χ0) is 44.0. The number of anilines is 6. The topological polar surface area (TPSA) is 19.6 Å². The van der Waals surface area contributed by atoms with Crippen molar-refractivity contribution in [3.8, 4) is 11.1 Å². The highest BCUT2D eigenvalue weighted by atomic mass is 16.3. The monoisotopic (exact) mass is 822 g/mol. The van der Waals surface area contributed by atoms with Crippen LogP contribution in [0.1, 0.15) is 110 Å². The third-order valence-corrected chi connectivity index (χ3v) is 14.9. The van der Waals surface area contributed by atoms with Crippen molar-refractivity contribution in [3.05, 3.63) is 161 Å². The molecular weight excluding hydrogens is 763 g/mol. The molecule has 63 heavy (non-hydrogen) atoms. The number of furan rings is 1. The Labute approximate surface area is 374 Å². The van der Waals surface area contributed by atoms with Crippen LogP contribution < -0.4 is 26.2 Å². The fourth-order valence-corrected chi connectivity index (χ4v) is 11.1. The van der Waals surface area contributed by atoms with Crippen LogP contribution in [0.4, 0.5) is 34.1 Å². The summed E-state index contributed by atoms with van der Waals surface area (Å²) < 4.78 is 6.34. The van der Waals surface area contributed by atoms with E-state index in [2.05, 4.69) is 213 Å². The Bertz CT molecular complexity index is 3150. The number of nitrogens with zero attached hydrogens (tertiary/aromatic N) is 2. The maximum atomic E-state index is 6.34. The molecule has 1 aromatic heterocycles. The highest BCUT2D eigenvalue weighted by molar-refractivity contribution is 7.00. The summed E-state index contributed by atoms with van der Waals surface area (Å²) in [5.74, 6) is 0. The van der Waals surface area contributed by atoms with Gasteiger partial charge in [0.2, 0.25) is 0 Å². The number of rotatable bonds is 3. The third-order valence-electron chi connectivity index (χ3n) is 14.9. The zero-order valence-corrected chi connectivity index (χ0v) is 39.0. The number of hydrogen-bond acceptors (Lipinski definition) is 3. The minimum absolute atomic E-state index is 0.00911. The number of para-hydroxylation sites is 1. The molecule has 1 aliphatic carbocycles. The van der Waals surface area contributed by atoms with Gasteiger partial charge in [-0.1, -0.05) is 142 Å². The Kier molecular flexibility index (Phi) is 8.54. The lowest BCUT2D eigenvalue weighted by molar-refractivity contribution is 0.332. The average Bonchev–Trinajstić information content (AvgIpc) is 3.63. The standard InChI is InChI=1S/C59H59BN2O/c1-36-31-50-55-51(32-36)62(40-24-19-37(20-25-40)42-16-14-18-53-54(42)43-15-12-13-17-52(43)63-53)49-35-45-44(58(8,9)29-30-59(45,10)11)34-47(49)60(55)46-33-39(57(5,6)7)23-28-48(46)61(50)41-26-21-38(22-27-41)56(2,3)4/h12-28,31-35H,29-30H2,1-11H3. The van der Waals surface area contributed by atoms with Gasteiger partial charge in [-0.05, 0) is 157 Å². The molecule has 0 saturated carbocycles. The summed E-state index contributed by atoms with van der Waals surface area (Å²) in [5.41, 5.74) is 22.9. The van der Waals surface area contributed by atoms with Crippen molar-refractivity contribution in [1.29, 1.82) is 0 Å². The van der Waals surface area contributed by atoms with Crippen molar-refractivity contribution in [2.24, 2.45) is 0 Å². The third kappa shape index (κ3) is 6.15. The molecular formula is C59H59BN2O. The SMILES string of the molecule is Cc1cc2c3c(c1)N(c1ccc(-c4cccc5oc6ccccc6c45)cc1)c1cc4c(cc1B3c1cc(C(C)(C)C)ccc1N2c1ccc(C(C)(C)C)cc1)C(C)(C)CCC4(C)C. The van der Waals surface area contributed by atoms with Crippen molar-refractivity contribution in [3.63, 3.8) is 0 Å². The summed E-state index contributed by atoms with van der Waals surface area (Å²) in [6.45, 7) is 26.1. The maximum absolute atomic E-state index is 6.34. The average molecular weight is 823 g/mol. The van der Waals surface area contributed by atoms with Crippen molar-refractivity contribution < 1.29 is 4.42 Å². The first-order valence-corrected chi connectivity index (χ1v) is 23.1. The van der Waals surface area contributed by atoms with Crippen LogP contribution in [0.2, 0.25) is 0 Å². The van der Waals surface area contributed by atoms with Crippen molar-refractivity contribution in [2.75, 3.05) is 9.80 Å². The Morgan fingerprint density at radius 3 is 1.73 bits per heavy atom. The molecule has 3 aliphatic rings. The van der Waals surface area contributed by atoms with Crippen molar-refractivity contribution in [2.45, 2.75) is 111 Å². The molecule has 11 rings (SSSR count). The molecule has 314 valence electrons. The van der Waals surface area contributed by atoms with E-state index in [0.29, 0.717) is 0 Å². The molecule has 0 atom stereocenters. The van der Waals surface area contributed by atoms with Crippen LogP contribution in [0.15, 0.2) is 138 Å². The molecule has 7 aromatic carbocycles. The quantitative estimate of drug-likeness (QED) is 0.166. The van der Waals surface area contributed by atoms with Gasteiger partial charge in [0, 0.05) is 44.9 Å². The van der Waals surface area contributed by atoms with E-state index >= 15 is 0 Å². The molecule has 4 heteroatoms. The summed E-state index contributed by atoms with van der Waals surface area (Å²) in [6, 6.07) is 51.0. The Hall–Kier alpha value is -6.00. The lowest BCUT2D eigenvalue weighted by Crippen LogP contribution is -2.62. The summed E-state index contributed by atoms with van der Waals surface area (Å²) >= 11 is 0. The molecule has 0 spiro atoms. The molecule has 0 radical (unpaired) electrons. The van der Waals surface area contributed by atoms with E-state index in [-0.39, 0.29) is 28.4 Å². The van der Waals surface area contributed by atoms with Gasteiger partial charge in [0.25, 0.3) is 6.71 Å². The van der Waals surface area contributed by atoms with Crippen molar-refractivity contribution in [1.82, 2.24) is 0 Å². The van der Waals surface area contributed by atoms with E-state index in [0.717, 1.165) is 16.6 Å². The normalized spacial score (nSPS) is 16.2. The van der Waals surface area contributed by atoms with Crippen LogP contribution in [0.25, 0.3) is 33.1 Å². The lowest BCUT2D eigenvalue weighted by atomic mass is 9.33. The molecule has 2 aliphatic heterocycles. The van der Waals surface area contributed by atoms with E-state index < -0.39 is 0 Å². The van der Waals surface area contributed by atoms with Gasteiger partial charge in [-0.2, -0.15) is 0 Å². The molecule has 8 aromatic rings. The Balaban J connectivity index is 1.18. The van der Waals surface area contributed by atoms with Crippen LogP contribution in [0, 0.1) is 6.92 Å². The minimum Gasteiger partial charge on any atom is -0.456 e. The largest absolute Gasteiger partial charge is 0.456 e.